The van der Waals surface area contributed by atoms with Crippen molar-refractivity contribution in [3.8, 4) is 10.6 Å². The molecule has 170 valence electrons. The molecule has 0 atom stereocenters. The van der Waals surface area contributed by atoms with Crippen LogP contribution in [0.25, 0.3) is 21.5 Å². The van der Waals surface area contributed by atoms with Crippen LogP contribution in [0.4, 0.5) is 5.82 Å². The zero-order valence-electron chi connectivity index (χ0n) is 18.9. The van der Waals surface area contributed by atoms with Gasteiger partial charge >= 0.3 is 0 Å². The molecule has 5 rings (SSSR count). The zero-order chi connectivity index (χ0) is 22.9. The number of pyridine rings is 2. The fourth-order valence-electron chi connectivity index (χ4n) is 4.14. The summed E-state index contributed by atoms with van der Waals surface area (Å²) < 4.78 is 1.93. The van der Waals surface area contributed by atoms with Crippen LogP contribution >= 0.6 is 11.3 Å². The van der Waals surface area contributed by atoms with Gasteiger partial charge in [-0.05, 0) is 45.7 Å². The molecule has 1 saturated heterocycles. The summed E-state index contributed by atoms with van der Waals surface area (Å²) in [5.74, 6) is 0.245. The smallest absolute Gasteiger partial charge is 0.260 e. The molecule has 0 radical (unpaired) electrons. The van der Waals surface area contributed by atoms with Gasteiger partial charge in [0.15, 0.2) is 0 Å². The van der Waals surface area contributed by atoms with Gasteiger partial charge in [-0.2, -0.15) is 5.10 Å². The third kappa shape index (κ3) is 4.62. The molecule has 0 bridgehead atoms. The summed E-state index contributed by atoms with van der Waals surface area (Å²) in [6, 6.07) is 4.70. The molecule has 1 fully saturated rings. The predicted molar refractivity (Wildman–Crippen MR) is 128 cm³/mol. The largest absolute Gasteiger partial charge is 0.306 e. The first-order valence-electron chi connectivity index (χ1n) is 11.1. The number of rotatable bonds is 5. The van der Waals surface area contributed by atoms with Gasteiger partial charge < -0.3 is 10.2 Å². The van der Waals surface area contributed by atoms with Crippen LogP contribution in [-0.2, 0) is 0 Å². The number of nitrogens with one attached hydrogen (secondary N) is 1. The molecule has 0 spiro atoms. The molecule has 4 aromatic heterocycles. The van der Waals surface area contributed by atoms with Crippen LogP contribution in [-0.4, -0.2) is 59.9 Å². The lowest BCUT2D eigenvalue weighted by Gasteiger charge is -2.34. The highest BCUT2D eigenvalue weighted by molar-refractivity contribution is 7.14. The molecule has 5 heterocycles. The Labute approximate surface area is 195 Å². The van der Waals surface area contributed by atoms with E-state index in [1.54, 1.807) is 18.6 Å². The Kier molecular flexibility index (Phi) is 5.86. The number of carbonyl (C=O) groups excluding carboxylic acids is 1. The third-order valence-corrected chi connectivity index (χ3v) is 6.94. The maximum absolute atomic E-state index is 12.8. The zero-order valence-corrected chi connectivity index (χ0v) is 19.7. The van der Waals surface area contributed by atoms with E-state index in [-0.39, 0.29) is 5.91 Å². The SMILES string of the molecule is Cc1nnc(-c2cnc3cnc(NC(=O)c4cnn(C5CCN(C(C)C)CC5)c4)cc3c2)s1. The van der Waals surface area contributed by atoms with Crippen LogP contribution in [0, 0.1) is 6.92 Å². The van der Waals surface area contributed by atoms with E-state index in [4.69, 9.17) is 0 Å². The molecule has 1 aliphatic rings. The van der Waals surface area contributed by atoms with Crippen LogP contribution in [0.15, 0.2) is 36.9 Å². The molecule has 0 saturated carbocycles. The van der Waals surface area contributed by atoms with Gasteiger partial charge in [0, 0.05) is 42.5 Å². The molecule has 0 unspecified atom stereocenters. The van der Waals surface area contributed by atoms with Crippen molar-refractivity contribution in [3.05, 3.63) is 47.5 Å². The molecule has 4 aromatic rings. The minimum absolute atomic E-state index is 0.225. The van der Waals surface area contributed by atoms with E-state index >= 15 is 0 Å². The molecule has 33 heavy (non-hydrogen) atoms. The molecule has 0 aromatic carbocycles. The monoisotopic (exact) mass is 462 g/mol. The summed E-state index contributed by atoms with van der Waals surface area (Å²) in [7, 11) is 0. The lowest BCUT2D eigenvalue weighted by Crippen LogP contribution is -2.39. The number of amides is 1. The first-order chi connectivity index (χ1) is 16.0. The van der Waals surface area contributed by atoms with Gasteiger partial charge in [-0.1, -0.05) is 11.3 Å². The molecule has 0 aliphatic carbocycles. The second kappa shape index (κ2) is 8.95. The standard InChI is InChI=1S/C23H26N8OS/c1-14(2)30-6-4-19(5-7-30)31-13-18(11-26-31)22(32)27-21-9-16-8-17(10-24-20(16)12-25-21)23-29-28-15(3)33-23/h8-14,19H,4-7H2,1-3H3,(H,25,27,32). The molecule has 1 N–H and O–H groups in total. The van der Waals surface area contributed by atoms with Crippen LogP contribution in [0.1, 0.15) is 48.1 Å². The second-order valence-corrected chi connectivity index (χ2v) is 9.82. The maximum Gasteiger partial charge on any atom is 0.260 e. The molecule has 1 aliphatic heterocycles. The van der Waals surface area contributed by atoms with Crippen LogP contribution in [0.3, 0.4) is 0 Å². The minimum atomic E-state index is -0.225. The molecular weight excluding hydrogens is 436 g/mol. The number of hydrogen-bond donors (Lipinski definition) is 1. The van der Waals surface area contributed by atoms with E-state index in [0.29, 0.717) is 23.5 Å². The average molecular weight is 463 g/mol. The number of fused-ring (bicyclic) bond motifs is 1. The van der Waals surface area contributed by atoms with E-state index in [9.17, 15) is 4.79 Å². The van der Waals surface area contributed by atoms with Crippen molar-refractivity contribution in [3.63, 3.8) is 0 Å². The number of carbonyl (C=O) groups is 1. The van der Waals surface area contributed by atoms with Gasteiger partial charge in [0.2, 0.25) is 0 Å². The van der Waals surface area contributed by atoms with Crippen molar-refractivity contribution in [2.75, 3.05) is 18.4 Å². The Bertz CT molecular complexity index is 1290. The topological polar surface area (TPSA) is 102 Å². The summed E-state index contributed by atoms with van der Waals surface area (Å²) in [5.41, 5.74) is 2.17. The highest BCUT2D eigenvalue weighted by Gasteiger charge is 2.23. The summed E-state index contributed by atoms with van der Waals surface area (Å²) >= 11 is 1.52. The van der Waals surface area contributed by atoms with E-state index in [0.717, 1.165) is 52.4 Å². The first kappa shape index (κ1) is 21.6. The molecule has 10 heteroatoms. The second-order valence-electron chi connectivity index (χ2n) is 8.64. The normalized spacial score (nSPS) is 15.4. The summed E-state index contributed by atoms with van der Waals surface area (Å²) in [5, 5.41) is 18.2. The van der Waals surface area contributed by atoms with Crippen molar-refractivity contribution in [1.82, 2.24) is 34.8 Å². The van der Waals surface area contributed by atoms with Crippen molar-refractivity contribution in [2.24, 2.45) is 0 Å². The highest BCUT2D eigenvalue weighted by atomic mass is 32.1. The van der Waals surface area contributed by atoms with Gasteiger partial charge in [0.1, 0.15) is 15.8 Å². The Hall–Kier alpha value is -3.24. The molecular formula is C23H26N8OS. The van der Waals surface area contributed by atoms with E-state index < -0.39 is 0 Å². The van der Waals surface area contributed by atoms with E-state index in [1.807, 2.05) is 29.9 Å². The quantitative estimate of drug-likeness (QED) is 0.479. The number of aryl methyl sites for hydroxylation is 1. The fourth-order valence-corrected chi connectivity index (χ4v) is 4.81. The summed E-state index contributed by atoms with van der Waals surface area (Å²) in [6.07, 6.45) is 8.97. The molecule has 9 nitrogen and oxygen atoms in total. The van der Waals surface area contributed by atoms with Gasteiger partial charge in [-0.3, -0.25) is 14.5 Å². The predicted octanol–water partition coefficient (Wildman–Crippen LogP) is 3.95. The van der Waals surface area contributed by atoms with E-state index in [1.165, 1.54) is 11.3 Å². The number of aromatic nitrogens is 6. The van der Waals surface area contributed by atoms with Crippen molar-refractivity contribution in [1.29, 1.82) is 0 Å². The highest BCUT2D eigenvalue weighted by Crippen LogP contribution is 2.26. The van der Waals surface area contributed by atoms with Crippen LogP contribution in [0.5, 0.6) is 0 Å². The number of nitrogens with zero attached hydrogens (tertiary/aromatic N) is 7. The summed E-state index contributed by atoms with van der Waals surface area (Å²) in [6.45, 7) is 8.48. The number of piperidine rings is 1. The molecule has 1 amide bonds. The number of hydrogen-bond acceptors (Lipinski definition) is 8. The first-order valence-corrected chi connectivity index (χ1v) is 11.9. The lowest BCUT2D eigenvalue weighted by molar-refractivity contribution is 0.102. The van der Waals surface area contributed by atoms with Gasteiger partial charge in [0.05, 0.1) is 29.5 Å². The Morgan fingerprint density at radius 3 is 2.67 bits per heavy atom. The number of anilines is 1. The van der Waals surface area contributed by atoms with E-state index in [2.05, 4.69) is 49.3 Å². The fraction of sp³-hybridized carbons (Fsp3) is 0.391. The van der Waals surface area contributed by atoms with Crippen LogP contribution < -0.4 is 5.32 Å². The van der Waals surface area contributed by atoms with Crippen molar-refractivity contribution < 1.29 is 4.79 Å². The number of likely N-dealkylation sites (tertiary alicyclic amines) is 1. The van der Waals surface area contributed by atoms with Crippen LogP contribution in [0.2, 0.25) is 0 Å². The lowest BCUT2D eigenvalue weighted by atomic mass is 10.0. The Morgan fingerprint density at radius 2 is 1.94 bits per heavy atom. The van der Waals surface area contributed by atoms with Gasteiger partial charge in [0.25, 0.3) is 5.91 Å². The van der Waals surface area contributed by atoms with Gasteiger partial charge in [-0.25, -0.2) is 4.98 Å². The maximum atomic E-state index is 12.8. The van der Waals surface area contributed by atoms with Crippen molar-refractivity contribution in [2.45, 2.75) is 45.7 Å². The van der Waals surface area contributed by atoms with Crippen molar-refractivity contribution >= 4 is 34.0 Å². The average Bonchev–Trinajstić information content (AvgIpc) is 3.48. The summed E-state index contributed by atoms with van der Waals surface area (Å²) in [4.78, 5) is 24.1. The Balaban J connectivity index is 1.29. The van der Waals surface area contributed by atoms with Gasteiger partial charge in [-0.15, -0.1) is 10.2 Å². The Morgan fingerprint density at radius 1 is 1.12 bits per heavy atom. The minimum Gasteiger partial charge on any atom is -0.306 e. The third-order valence-electron chi connectivity index (χ3n) is 6.05.